The fourth-order valence-corrected chi connectivity index (χ4v) is 25.3. The monoisotopic (exact) mass is 2130 g/mol. The smallest absolute Gasteiger partial charge is 0.202 e. The van der Waals surface area contributed by atoms with Crippen molar-refractivity contribution in [3.05, 3.63) is 0 Å². The van der Waals surface area contributed by atoms with Crippen molar-refractivity contribution in [3.63, 3.8) is 0 Å². The van der Waals surface area contributed by atoms with Crippen molar-refractivity contribution in [2.24, 2.45) is 0 Å². The molecule has 0 amide bonds. The first-order valence-corrected chi connectivity index (χ1v) is 27.5. The maximum atomic E-state index is 13.1. The quantitative estimate of drug-likeness (QED) is 0.194. The van der Waals surface area contributed by atoms with Gasteiger partial charge in [0.25, 0.3) is 0 Å². The van der Waals surface area contributed by atoms with Crippen LogP contribution in [0.5, 0.6) is 0 Å². The molecule has 0 saturated carbocycles. The molecule has 0 atom stereocenters. The first-order chi connectivity index (χ1) is 15.8. The van der Waals surface area contributed by atoms with Gasteiger partial charge in [-0.2, -0.15) is 0 Å². The summed E-state index contributed by atoms with van der Waals surface area (Å²) in [4.78, 5) is 0. The largest absolute Gasteiger partial charge is 0.239 e. The highest BCUT2D eigenvalue weighted by Gasteiger charge is 2.81. The standard InChI is InChI=1S/C12Br25O/c13-1(14,3(17,18)5(21,22)7(25,26)9(29,30)11(33,34)35)2(15,16)4(19,20)6(23,24)8(27,28)10(31,32)12(36,37)38. The molecule has 0 aromatic rings. The number of hydrogen-bond donors (Lipinski definition) is 0. The minimum Gasteiger partial charge on any atom is -0.202 e. The van der Waals surface area contributed by atoms with Gasteiger partial charge in [-0.05, 0) is 31.9 Å². The van der Waals surface area contributed by atoms with E-state index < -0.39 is 37.9 Å². The Balaban J connectivity index is 7.29. The minimum atomic E-state index is -1.91. The van der Waals surface area contributed by atoms with Crippen molar-refractivity contribution >= 4 is 398 Å². The van der Waals surface area contributed by atoms with E-state index in [1.165, 1.54) is 0 Å². The van der Waals surface area contributed by atoms with Crippen LogP contribution in [0.4, 0.5) is 0 Å². The summed E-state index contributed by atoms with van der Waals surface area (Å²) in [5, 5.41) is 13.1. The van der Waals surface area contributed by atoms with Gasteiger partial charge >= 0.3 is 0 Å². The first-order valence-electron chi connectivity index (χ1n) is 7.68. The average molecular weight is 2160 g/mol. The van der Waals surface area contributed by atoms with Gasteiger partial charge in [-0.15, -0.1) is 0 Å². The van der Waals surface area contributed by atoms with Gasteiger partial charge in [-0.25, -0.2) is 5.11 Å². The molecule has 38 heavy (non-hydrogen) atoms. The molecule has 0 unspecified atom stereocenters. The van der Waals surface area contributed by atoms with E-state index in [1.54, 1.807) is 0 Å². The van der Waals surface area contributed by atoms with Crippen LogP contribution in [-0.4, -0.2) is 37.9 Å². The Morgan fingerprint density at radius 3 is 0.474 bits per heavy atom. The predicted molar refractivity (Wildman–Crippen MR) is 257 cm³/mol. The topological polar surface area (TPSA) is 19.9 Å². The third-order valence-corrected chi connectivity index (χ3v) is 55.4. The van der Waals surface area contributed by atoms with Crippen molar-refractivity contribution in [1.29, 1.82) is 0 Å². The van der Waals surface area contributed by atoms with Gasteiger partial charge in [0.1, 0.15) is 29.1 Å². The second kappa shape index (κ2) is 16.0. The molecule has 1 nitrogen and oxygen atoms in total. The number of rotatable bonds is 10. The van der Waals surface area contributed by atoms with Gasteiger partial charge in [-0.1, -0.05) is 366 Å². The highest BCUT2D eigenvalue weighted by atomic mass is 80.0. The molecule has 0 aliphatic carbocycles. The van der Waals surface area contributed by atoms with Gasteiger partial charge in [-0.3, -0.25) is 0 Å². The van der Waals surface area contributed by atoms with Gasteiger partial charge in [0.15, 0.2) is 5.38 Å². The van der Waals surface area contributed by atoms with Crippen LogP contribution in [0.3, 0.4) is 0 Å². The zero-order chi connectivity index (χ0) is 32.0. The highest BCUT2D eigenvalue weighted by Crippen LogP contribution is 2.81. The molecule has 0 aliphatic rings. The van der Waals surface area contributed by atoms with Crippen LogP contribution in [0.1, 0.15) is 0 Å². The summed E-state index contributed by atoms with van der Waals surface area (Å²) < 4.78 is -15.0. The van der Waals surface area contributed by atoms with E-state index in [0.29, 0.717) is 0 Å². The molecule has 1 radical (unpaired) electrons. The van der Waals surface area contributed by atoms with E-state index in [9.17, 15) is 5.11 Å². The fraction of sp³-hybridized carbons (Fsp3) is 1.00. The van der Waals surface area contributed by atoms with Gasteiger partial charge < -0.3 is 0 Å². The summed E-state index contributed by atoms with van der Waals surface area (Å²) in [6.45, 7) is 0. The molecule has 26 heteroatoms. The highest BCUT2D eigenvalue weighted by molar-refractivity contribution is 9.42. The van der Waals surface area contributed by atoms with E-state index >= 15 is 0 Å². The van der Waals surface area contributed by atoms with Crippen molar-refractivity contribution in [2.45, 2.75) is 37.9 Å². The lowest BCUT2D eigenvalue weighted by Crippen LogP contribution is -2.71. The summed E-state index contributed by atoms with van der Waals surface area (Å²) in [7, 11) is 0. The van der Waals surface area contributed by atoms with E-state index in [-0.39, 0.29) is 0 Å². The number of alkyl halides is 25. The number of hydrogen-bond acceptors (Lipinski definition) is 0. The third kappa shape index (κ3) is 8.59. The van der Waals surface area contributed by atoms with Crippen molar-refractivity contribution < 1.29 is 5.11 Å². The summed E-state index contributed by atoms with van der Waals surface area (Å²) in [6.07, 6.45) is 0. The predicted octanol–water partition coefficient (Wildman–Crippen LogP) is 18.6. The van der Waals surface area contributed by atoms with Crippen LogP contribution in [0.25, 0.3) is 0 Å². The van der Waals surface area contributed by atoms with Crippen LogP contribution in [0, 0.1) is 0 Å². The van der Waals surface area contributed by atoms with Crippen LogP contribution in [0.2, 0.25) is 0 Å². The van der Waals surface area contributed by atoms with E-state index in [0.717, 1.165) is 0 Å². The van der Waals surface area contributed by atoms with Crippen LogP contribution in [-0.2, 0) is 5.11 Å². The normalized spacial score (nSPS) is 17.2. The molecule has 0 N–H and O–H groups in total. The molecule has 0 rings (SSSR count). The zero-order valence-corrected chi connectivity index (χ0v) is 55.5. The average Bonchev–Trinajstić information content (AvgIpc) is 2.64. The van der Waals surface area contributed by atoms with Crippen LogP contribution in [0.15, 0.2) is 0 Å². The minimum absolute atomic E-state index is 0.872. The van der Waals surface area contributed by atoms with Crippen LogP contribution < -0.4 is 0 Å². The Morgan fingerprint density at radius 1 is 0.211 bits per heavy atom. The Labute approximate surface area is 430 Å². The van der Waals surface area contributed by atoms with Crippen molar-refractivity contribution in [1.82, 2.24) is 0 Å². The molecule has 0 aliphatic heterocycles. The van der Waals surface area contributed by atoms with Crippen molar-refractivity contribution in [2.75, 3.05) is 0 Å². The maximum absolute atomic E-state index is 13.1. The Bertz CT molecular complexity index is 798. The molecular formula is C12Br25O. The lowest BCUT2D eigenvalue weighted by Gasteiger charge is -2.60. The third-order valence-electron chi connectivity index (χ3n) is 4.27. The maximum Gasteiger partial charge on any atom is 0.239 e. The molecular weight excluding hydrogens is 2160 g/mol. The molecule has 229 valence electrons. The second-order valence-electron chi connectivity index (χ2n) is 6.76. The summed E-state index contributed by atoms with van der Waals surface area (Å²) in [6, 6.07) is 0. The second-order valence-corrected chi connectivity index (χ2v) is 51.2. The summed E-state index contributed by atoms with van der Waals surface area (Å²) >= 11 is 92.7. The summed E-state index contributed by atoms with van der Waals surface area (Å²) in [5.41, 5.74) is 0. The molecule has 0 bridgehead atoms. The van der Waals surface area contributed by atoms with Crippen molar-refractivity contribution in [3.8, 4) is 0 Å². The molecule has 0 fully saturated rings. The zero-order valence-electron chi connectivity index (χ0n) is 15.9. The molecule has 0 spiro atoms. The first kappa shape index (κ1) is 50.0. The fourth-order valence-electron chi connectivity index (χ4n) is 1.94. The Morgan fingerprint density at radius 2 is 0.342 bits per heavy atom. The van der Waals surface area contributed by atoms with E-state index in [1.807, 2.05) is 0 Å². The van der Waals surface area contributed by atoms with Crippen LogP contribution >= 0.6 is 398 Å². The van der Waals surface area contributed by atoms with Gasteiger partial charge in [0.2, 0.25) is 3.42 Å². The Hall–Kier alpha value is 12.0. The summed E-state index contributed by atoms with van der Waals surface area (Å²) in [5.74, 6) is 0. The van der Waals surface area contributed by atoms with Gasteiger partial charge in [0.05, 0.1) is 0 Å². The number of halogens is 25. The lowest BCUT2D eigenvalue weighted by molar-refractivity contribution is 0.137. The molecule has 0 saturated heterocycles. The SMILES string of the molecule is [O]C(Br)(Br)C(Br)(Br)C(Br)(Br)C(Br)(Br)C(Br)(Br)C(Br)(Br)C(Br)(Br)C(Br)(Br)C(Br)(Br)C(Br)(Br)C(Br)(Br)C(Br)(Br)Br. The van der Waals surface area contributed by atoms with E-state index in [2.05, 4.69) is 398 Å². The van der Waals surface area contributed by atoms with Gasteiger partial charge in [0, 0.05) is 0 Å². The Kier molecular flexibility index (Phi) is 21.0. The molecule has 0 aromatic heterocycles. The van der Waals surface area contributed by atoms with E-state index in [4.69, 9.17) is 0 Å². The lowest BCUT2D eigenvalue weighted by atomic mass is 10.0. The molecule has 0 heterocycles. The molecule has 0 aromatic carbocycles.